The van der Waals surface area contributed by atoms with Crippen LogP contribution in [0.25, 0.3) is 0 Å². The van der Waals surface area contributed by atoms with Gasteiger partial charge in [0.2, 0.25) is 0 Å². The molecule has 0 bridgehead atoms. The van der Waals surface area contributed by atoms with Gasteiger partial charge in [0, 0.05) is 17.8 Å². The summed E-state index contributed by atoms with van der Waals surface area (Å²) in [5.74, 6) is -0.566. The highest BCUT2D eigenvalue weighted by Crippen LogP contribution is 2.09. The minimum atomic E-state index is -0.359. The van der Waals surface area contributed by atoms with Gasteiger partial charge in [-0.25, -0.2) is 4.39 Å². The molecule has 0 aliphatic rings. The Kier molecular flexibility index (Phi) is 3.54. The molecule has 0 aliphatic carbocycles. The van der Waals surface area contributed by atoms with E-state index in [1.54, 1.807) is 0 Å². The number of rotatable bonds is 3. The van der Waals surface area contributed by atoms with Gasteiger partial charge in [0.25, 0.3) is 0 Å². The first-order valence-electron chi connectivity index (χ1n) is 3.92. The normalized spacial score (nSPS) is 10.1. The Labute approximate surface area is 84.3 Å². The van der Waals surface area contributed by atoms with Crippen molar-refractivity contribution in [3.63, 3.8) is 0 Å². The molecule has 2 nitrogen and oxygen atoms in total. The van der Waals surface area contributed by atoms with Crippen LogP contribution in [0.15, 0.2) is 12.3 Å². The number of Topliss-reactive ketones (excluding diaryl/α,β-unsaturated/α-hetero) is 1. The van der Waals surface area contributed by atoms with Crippen molar-refractivity contribution in [2.24, 2.45) is 0 Å². The van der Waals surface area contributed by atoms with Crippen molar-refractivity contribution in [3.8, 4) is 0 Å². The molecule has 0 unspecified atom stereocenters. The van der Waals surface area contributed by atoms with Gasteiger partial charge >= 0.3 is 0 Å². The van der Waals surface area contributed by atoms with Crippen LogP contribution in [-0.4, -0.2) is 16.1 Å². The highest BCUT2D eigenvalue weighted by atomic mass is 79.9. The first-order valence-corrected chi connectivity index (χ1v) is 5.04. The van der Waals surface area contributed by atoms with Crippen LogP contribution in [0.2, 0.25) is 0 Å². The standard InChI is InChI=1S/C9H9BrFNO/c1-2-6-5-12-8(3-7(6)11)9(13)4-10/h3,5H,2,4H2,1H3. The summed E-state index contributed by atoms with van der Waals surface area (Å²) in [4.78, 5) is 15.0. The zero-order valence-corrected chi connectivity index (χ0v) is 8.77. The molecule has 13 heavy (non-hydrogen) atoms. The van der Waals surface area contributed by atoms with Gasteiger partial charge in [0.15, 0.2) is 5.78 Å². The van der Waals surface area contributed by atoms with Gasteiger partial charge in [-0.3, -0.25) is 9.78 Å². The molecule has 70 valence electrons. The molecule has 0 fully saturated rings. The quantitative estimate of drug-likeness (QED) is 0.605. The number of alkyl halides is 1. The fourth-order valence-corrected chi connectivity index (χ4v) is 1.23. The number of pyridine rings is 1. The third-order valence-corrected chi connectivity index (χ3v) is 2.23. The maximum atomic E-state index is 13.1. The fourth-order valence-electron chi connectivity index (χ4n) is 0.940. The molecule has 1 aromatic heterocycles. The minimum Gasteiger partial charge on any atom is -0.291 e. The summed E-state index contributed by atoms with van der Waals surface area (Å²) in [6, 6.07) is 1.18. The molecule has 0 saturated carbocycles. The number of aromatic nitrogens is 1. The van der Waals surface area contributed by atoms with Crippen molar-refractivity contribution >= 4 is 21.7 Å². The second kappa shape index (κ2) is 4.46. The van der Waals surface area contributed by atoms with E-state index in [0.29, 0.717) is 12.0 Å². The third kappa shape index (κ3) is 2.34. The molecular formula is C9H9BrFNO. The Hall–Kier alpha value is -0.770. The van der Waals surface area contributed by atoms with Crippen molar-refractivity contribution in [3.05, 3.63) is 29.3 Å². The van der Waals surface area contributed by atoms with Crippen LogP contribution in [0.3, 0.4) is 0 Å². The SMILES string of the molecule is CCc1cnc(C(=O)CBr)cc1F. The Morgan fingerprint density at radius 2 is 2.38 bits per heavy atom. The molecule has 0 N–H and O–H groups in total. The summed E-state index contributed by atoms with van der Waals surface area (Å²) < 4.78 is 13.1. The Balaban J connectivity index is 3.02. The van der Waals surface area contributed by atoms with E-state index in [9.17, 15) is 9.18 Å². The summed E-state index contributed by atoms with van der Waals surface area (Å²) in [5.41, 5.74) is 0.706. The summed E-state index contributed by atoms with van der Waals surface area (Å²) in [5, 5.41) is 0.172. The van der Waals surface area contributed by atoms with Crippen molar-refractivity contribution in [1.29, 1.82) is 0 Å². The largest absolute Gasteiger partial charge is 0.291 e. The molecule has 0 radical (unpaired) electrons. The predicted molar refractivity (Wildman–Crippen MR) is 51.7 cm³/mol. The van der Waals surface area contributed by atoms with Gasteiger partial charge in [-0.1, -0.05) is 22.9 Å². The summed E-state index contributed by atoms with van der Waals surface area (Å²) in [6.07, 6.45) is 1.99. The number of carbonyl (C=O) groups is 1. The van der Waals surface area contributed by atoms with Crippen LogP contribution >= 0.6 is 15.9 Å². The third-order valence-electron chi connectivity index (χ3n) is 1.72. The second-order valence-corrected chi connectivity index (χ2v) is 3.13. The van der Waals surface area contributed by atoms with E-state index in [-0.39, 0.29) is 22.6 Å². The lowest BCUT2D eigenvalue weighted by Crippen LogP contribution is -2.05. The molecule has 0 spiro atoms. The Bertz CT molecular complexity index is 327. The van der Waals surface area contributed by atoms with E-state index in [1.807, 2.05) is 6.92 Å². The lowest BCUT2D eigenvalue weighted by Gasteiger charge is -2.00. The number of hydrogen-bond acceptors (Lipinski definition) is 2. The molecular weight excluding hydrogens is 237 g/mol. The van der Waals surface area contributed by atoms with Crippen molar-refractivity contribution < 1.29 is 9.18 Å². The lowest BCUT2D eigenvalue weighted by atomic mass is 10.2. The van der Waals surface area contributed by atoms with Gasteiger partial charge in [-0.15, -0.1) is 0 Å². The predicted octanol–water partition coefficient (Wildman–Crippen LogP) is 2.36. The van der Waals surface area contributed by atoms with E-state index < -0.39 is 0 Å². The summed E-state index contributed by atoms with van der Waals surface area (Å²) >= 11 is 3.00. The van der Waals surface area contributed by atoms with Crippen LogP contribution in [0.5, 0.6) is 0 Å². The molecule has 1 heterocycles. The zero-order chi connectivity index (χ0) is 9.84. The number of aryl methyl sites for hydroxylation is 1. The number of ketones is 1. The molecule has 0 amide bonds. The number of carbonyl (C=O) groups excluding carboxylic acids is 1. The van der Waals surface area contributed by atoms with Crippen molar-refractivity contribution in [1.82, 2.24) is 4.98 Å². The Morgan fingerprint density at radius 3 is 2.85 bits per heavy atom. The van der Waals surface area contributed by atoms with E-state index in [1.165, 1.54) is 12.3 Å². The molecule has 4 heteroatoms. The van der Waals surface area contributed by atoms with Crippen LogP contribution < -0.4 is 0 Å². The highest BCUT2D eigenvalue weighted by molar-refractivity contribution is 9.09. The topological polar surface area (TPSA) is 30.0 Å². The number of hydrogen-bond donors (Lipinski definition) is 0. The maximum Gasteiger partial charge on any atom is 0.191 e. The molecule has 0 aromatic carbocycles. The first-order chi connectivity index (χ1) is 6.19. The van der Waals surface area contributed by atoms with Gasteiger partial charge in [-0.05, 0) is 6.42 Å². The van der Waals surface area contributed by atoms with Gasteiger partial charge < -0.3 is 0 Å². The lowest BCUT2D eigenvalue weighted by molar-refractivity contribution is 0.101. The van der Waals surface area contributed by atoms with Crippen molar-refractivity contribution in [2.75, 3.05) is 5.33 Å². The van der Waals surface area contributed by atoms with Gasteiger partial charge in [-0.2, -0.15) is 0 Å². The zero-order valence-electron chi connectivity index (χ0n) is 7.18. The van der Waals surface area contributed by atoms with Crippen LogP contribution in [0.4, 0.5) is 4.39 Å². The van der Waals surface area contributed by atoms with Crippen LogP contribution in [0.1, 0.15) is 23.0 Å². The van der Waals surface area contributed by atoms with Crippen LogP contribution in [0, 0.1) is 5.82 Å². The summed E-state index contributed by atoms with van der Waals surface area (Å²) in [7, 11) is 0. The number of nitrogens with zero attached hydrogens (tertiary/aromatic N) is 1. The fraction of sp³-hybridized carbons (Fsp3) is 0.333. The smallest absolute Gasteiger partial charge is 0.191 e. The average Bonchev–Trinajstić information content (AvgIpc) is 2.16. The van der Waals surface area contributed by atoms with Gasteiger partial charge in [0.1, 0.15) is 11.5 Å². The number of halogens is 2. The molecule has 0 aliphatic heterocycles. The average molecular weight is 246 g/mol. The molecule has 0 atom stereocenters. The second-order valence-electron chi connectivity index (χ2n) is 2.57. The van der Waals surface area contributed by atoms with Crippen LogP contribution in [-0.2, 0) is 6.42 Å². The van der Waals surface area contributed by atoms with E-state index >= 15 is 0 Å². The minimum absolute atomic E-state index is 0.172. The Morgan fingerprint density at radius 1 is 1.69 bits per heavy atom. The van der Waals surface area contributed by atoms with Crippen molar-refractivity contribution in [2.45, 2.75) is 13.3 Å². The molecule has 0 saturated heterocycles. The van der Waals surface area contributed by atoms with E-state index in [0.717, 1.165) is 0 Å². The monoisotopic (exact) mass is 245 g/mol. The molecule has 1 aromatic rings. The maximum absolute atomic E-state index is 13.1. The highest BCUT2D eigenvalue weighted by Gasteiger charge is 2.08. The van der Waals surface area contributed by atoms with E-state index in [2.05, 4.69) is 20.9 Å². The first kappa shape index (κ1) is 10.3. The summed E-state index contributed by atoms with van der Waals surface area (Å²) in [6.45, 7) is 1.84. The van der Waals surface area contributed by atoms with E-state index in [4.69, 9.17) is 0 Å². The molecule has 1 rings (SSSR count). The van der Waals surface area contributed by atoms with Gasteiger partial charge in [0.05, 0.1) is 5.33 Å².